The number of allylic oxidation sites excluding steroid dienone is 1. The Labute approximate surface area is 150 Å². The number of rotatable bonds is 5. The second-order valence-corrected chi connectivity index (χ2v) is 6.28. The molecule has 25 heavy (non-hydrogen) atoms. The van der Waals surface area contributed by atoms with Crippen molar-refractivity contribution in [1.29, 1.82) is 0 Å². The average molecular weight is 344 g/mol. The Kier molecular flexibility index (Phi) is 6.17. The highest BCUT2D eigenvalue weighted by Gasteiger charge is 2.20. The minimum Gasteiger partial charge on any atom is -0.454 e. The molecular formula is C19H28N4O2. The molecule has 0 radical (unpaired) electrons. The number of benzene rings is 1. The van der Waals surface area contributed by atoms with E-state index in [9.17, 15) is 0 Å². The predicted molar refractivity (Wildman–Crippen MR) is 100 cm³/mol. The molecule has 1 aromatic rings. The number of hydrogen-bond acceptors (Lipinski definition) is 4. The molecule has 6 nitrogen and oxygen atoms in total. The summed E-state index contributed by atoms with van der Waals surface area (Å²) >= 11 is 0. The van der Waals surface area contributed by atoms with E-state index in [2.05, 4.69) is 44.4 Å². The Morgan fingerprint density at radius 1 is 1.20 bits per heavy atom. The second kappa shape index (κ2) is 8.76. The van der Waals surface area contributed by atoms with Crippen LogP contribution < -0.4 is 14.8 Å². The van der Waals surface area contributed by atoms with E-state index >= 15 is 0 Å². The molecule has 0 spiro atoms. The van der Waals surface area contributed by atoms with Gasteiger partial charge < -0.3 is 19.7 Å². The van der Waals surface area contributed by atoms with Crippen LogP contribution in [0.1, 0.15) is 18.9 Å². The highest BCUT2D eigenvalue weighted by molar-refractivity contribution is 5.80. The van der Waals surface area contributed by atoms with Crippen LogP contribution in [0.4, 0.5) is 0 Å². The maximum absolute atomic E-state index is 5.47. The summed E-state index contributed by atoms with van der Waals surface area (Å²) in [4.78, 5) is 9.23. The first-order valence-electron chi connectivity index (χ1n) is 8.98. The van der Waals surface area contributed by atoms with Crippen LogP contribution in [0.5, 0.6) is 11.5 Å². The van der Waals surface area contributed by atoms with E-state index < -0.39 is 0 Å². The lowest BCUT2D eigenvalue weighted by Crippen LogP contribution is -2.52. The van der Waals surface area contributed by atoms with E-state index in [1.807, 2.05) is 20.0 Å². The molecule has 0 amide bonds. The zero-order chi connectivity index (χ0) is 17.5. The monoisotopic (exact) mass is 344 g/mol. The molecule has 0 unspecified atom stereocenters. The van der Waals surface area contributed by atoms with Crippen LogP contribution in [0.2, 0.25) is 0 Å². The van der Waals surface area contributed by atoms with Gasteiger partial charge in [-0.3, -0.25) is 9.89 Å². The summed E-state index contributed by atoms with van der Waals surface area (Å²) in [5.74, 6) is 2.72. The molecule has 136 valence electrons. The highest BCUT2D eigenvalue weighted by atomic mass is 16.7. The summed E-state index contributed by atoms with van der Waals surface area (Å²) in [5, 5.41) is 3.44. The molecule has 2 heterocycles. The van der Waals surface area contributed by atoms with E-state index in [4.69, 9.17) is 9.47 Å². The molecule has 0 aliphatic carbocycles. The number of ether oxygens (including phenoxy) is 2. The normalized spacial score (nSPS) is 18.2. The number of nitrogens with zero attached hydrogens (tertiary/aromatic N) is 3. The molecular weight excluding hydrogens is 316 g/mol. The van der Waals surface area contributed by atoms with Crippen molar-refractivity contribution in [2.24, 2.45) is 4.99 Å². The van der Waals surface area contributed by atoms with Gasteiger partial charge in [0.1, 0.15) is 0 Å². The summed E-state index contributed by atoms with van der Waals surface area (Å²) in [6.07, 6.45) is 5.28. The molecule has 3 rings (SSSR count). The van der Waals surface area contributed by atoms with E-state index in [1.165, 1.54) is 5.56 Å². The standard InChI is InChI=1S/C19H28N4O2/c1-3-4-5-8-21-19(20-2)23-11-9-22(10-12-23)14-16-6-7-17-18(13-16)25-15-24-17/h3-4,6-7,13H,5,8-12,14-15H2,1-2H3,(H,20,21)/b4-3+. The summed E-state index contributed by atoms with van der Waals surface area (Å²) in [5.41, 5.74) is 1.27. The zero-order valence-electron chi connectivity index (χ0n) is 15.2. The van der Waals surface area contributed by atoms with Gasteiger partial charge in [0.2, 0.25) is 6.79 Å². The van der Waals surface area contributed by atoms with Crippen LogP contribution >= 0.6 is 0 Å². The molecule has 1 aromatic carbocycles. The van der Waals surface area contributed by atoms with Crippen molar-refractivity contribution in [2.45, 2.75) is 19.9 Å². The fourth-order valence-corrected chi connectivity index (χ4v) is 3.18. The Morgan fingerprint density at radius 3 is 2.76 bits per heavy atom. The molecule has 2 aliphatic rings. The lowest BCUT2D eigenvalue weighted by molar-refractivity contribution is 0.171. The van der Waals surface area contributed by atoms with Crippen molar-refractivity contribution in [3.8, 4) is 11.5 Å². The topological polar surface area (TPSA) is 49.3 Å². The van der Waals surface area contributed by atoms with Crippen molar-refractivity contribution < 1.29 is 9.47 Å². The fraction of sp³-hybridized carbons (Fsp3) is 0.526. The van der Waals surface area contributed by atoms with Crippen molar-refractivity contribution in [2.75, 3.05) is 46.6 Å². The molecule has 0 aromatic heterocycles. The highest BCUT2D eigenvalue weighted by Crippen LogP contribution is 2.32. The smallest absolute Gasteiger partial charge is 0.231 e. The van der Waals surface area contributed by atoms with Crippen molar-refractivity contribution in [1.82, 2.24) is 15.1 Å². The average Bonchev–Trinajstić information content (AvgIpc) is 3.11. The largest absolute Gasteiger partial charge is 0.454 e. The van der Waals surface area contributed by atoms with Crippen LogP contribution in [0.25, 0.3) is 0 Å². The number of guanidine groups is 1. The van der Waals surface area contributed by atoms with Gasteiger partial charge in [0.15, 0.2) is 17.5 Å². The summed E-state index contributed by atoms with van der Waals surface area (Å²) < 4.78 is 10.8. The minimum atomic E-state index is 0.331. The first-order valence-corrected chi connectivity index (χ1v) is 8.98. The van der Waals surface area contributed by atoms with Gasteiger partial charge in [-0.05, 0) is 31.0 Å². The number of aliphatic imine (C=N–C) groups is 1. The van der Waals surface area contributed by atoms with Crippen LogP contribution in [0.3, 0.4) is 0 Å². The molecule has 1 saturated heterocycles. The van der Waals surface area contributed by atoms with Gasteiger partial charge in [-0.2, -0.15) is 0 Å². The SMILES string of the molecule is C/C=C/CCNC(=NC)N1CCN(Cc2ccc3c(c2)OCO3)CC1. The van der Waals surface area contributed by atoms with Gasteiger partial charge in [-0.1, -0.05) is 18.2 Å². The van der Waals surface area contributed by atoms with Crippen LogP contribution in [0, 0.1) is 0 Å². The summed E-state index contributed by atoms with van der Waals surface area (Å²) in [6.45, 7) is 8.30. The van der Waals surface area contributed by atoms with E-state index in [0.717, 1.165) is 63.1 Å². The third-order valence-corrected chi connectivity index (χ3v) is 4.56. The lowest BCUT2D eigenvalue weighted by atomic mass is 10.1. The first-order chi connectivity index (χ1) is 12.3. The lowest BCUT2D eigenvalue weighted by Gasteiger charge is -2.36. The summed E-state index contributed by atoms with van der Waals surface area (Å²) in [7, 11) is 1.86. The van der Waals surface area contributed by atoms with Gasteiger partial charge in [0, 0.05) is 46.3 Å². The Hall–Kier alpha value is -2.21. The molecule has 6 heteroatoms. The van der Waals surface area contributed by atoms with E-state index in [-0.39, 0.29) is 0 Å². The maximum atomic E-state index is 5.47. The molecule has 0 saturated carbocycles. The van der Waals surface area contributed by atoms with E-state index in [1.54, 1.807) is 0 Å². The van der Waals surface area contributed by atoms with Crippen molar-refractivity contribution in [3.63, 3.8) is 0 Å². The molecule has 0 atom stereocenters. The van der Waals surface area contributed by atoms with Gasteiger partial charge in [0.05, 0.1) is 0 Å². The Morgan fingerprint density at radius 2 is 2.00 bits per heavy atom. The quantitative estimate of drug-likeness (QED) is 0.384. The number of fused-ring (bicyclic) bond motifs is 1. The van der Waals surface area contributed by atoms with Crippen LogP contribution in [0.15, 0.2) is 35.3 Å². The van der Waals surface area contributed by atoms with E-state index in [0.29, 0.717) is 6.79 Å². The number of piperazine rings is 1. The van der Waals surface area contributed by atoms with Gasteiger partial charge in [0.25, 0.3) is 0 Å². The first kappa shape index (κ1) is 17.6. The van der Waals surface area contributed by atoms with Gasteiger partial charge >= 0.3 is 0 Å². The van der Waals surface area contributed by atoms with Crippen LogP contribution in [-0.4, -0.2) is 62.3 Å². The number of hydrogen-bond donors (Lipinski definition) is 1. The van der Waals surface area contributed by atoms with Gasteiger partial charge in [-0.15, -0.1) is 0 Å². The van der Waals surface area contributed by atoms with Gasteiger partial charge in [-0.25, -0.2) is 0 Å². The van der Waals surface area contributed by atoms with Crippen LogP contribution in [-0.2, 0) is 6.54 Å². The zero-order valence-corrected chi connectivity index (χ0v) is 15.2. The Bertz CT molecular complexity index is 622. The molecule has 1 N–H and O–H groups in total. The number of nitrogens with one attached hydrogen (secondary N) is 1. The van der Waals surface area contributed by atoms with Crippen molar-refractivity contribution >= 4 is 5.96 Å². The third kappa shape index (κ3) is 4.66. The third-order valence-electron chi connectivity index (χ3n) is 4.56. The van der Waals surface area contributed by atoms with Crippen molar-refractivity contribution in [3.05, 3.63) is 35.9 Å². The fourth-order valence-electron chi connectivity index (χ4n) is 3.18. The second-order valence-electron chi connectivity index (χ2n) is 6.28. The summed E-state index contributed by atoms with van der Waals surface area (Å²) in [6, 6.07) is 6.22. The maximum Gasteiger partial charge on any atom is 0.231 e. The molecule has 0 bridgehead atoms. The Balaban J connectivity index is 1.46. The molecule has 2 aliphatic heterocycles. The molecule has 1 fully saturated rings. The minimum absolute atomic E-state index is 0.331. The predicted octanol–water partition coefficient (Wildman–Crippen LogP) is 2.07.